The fraction of sp³-hybridized carbons (Fsp3) is 0. The maximum atomic E-state index is 10.2. The van der Waals surface area contributed by atoms with Crippen molar-refractivity contribution in [3.63, 3.8) is 0 Å². The summed E-state index contributed by atoms with van der Waals surface area (Å²) >= 11 is 0. The Morgan fingerprint density at radius 3 is 1.03 bits per heavy atom. The van der Waals surface area contributed by atoms with Crippen molar-refractivity contribution in [2.24, 2.45) is 0 Å². The van der Waals surface area contributed by atoms with Gasteiger partial charge < -0.3 is 4.42 Å². The summed E-state index contributed by atoms with van der Waals surface area (Å²) < 4.78 is 10.4. The standard InChI is InChI=1S/C30H16N4O/c31-17-23-24(18-32)30(34-27-15-7-3-11-21(27)22-12-4-8-16-28(22)34)35-29(23)33-25-13-5-1-9-19(25)20-10-2-6-14-26(20)33/h1-16H. The van der Waals surface area contributed by atoms with Crippen LogP contribution in [0.25, 0.3) is 55.4 Å². The van der Waals surface area contributed by atoms with Crippen LogP contribution >= 0.6 is 0 Å². The van der Waals surface area contributed by atoms with Crippen LogP contribution < -0.4 is 0 Å². The van der Waals surface area contributed by atoms with E-state index in [0.29, 0.717) is 11.8 Å². The third-order valence-electron chi connectivity index (χ3n) is 6.66. The van der Waals surface area contributed by atoms with E-state index in [1.807, 2.05) is 81.9 Å². The second-order valence-corrected chi connectivity index (χ2v) is 8.43. The molecule has 0 spiro atoms. The number of benzene rings is 4. The topological polar surface area (TPSA) is 70.6 Å². The van der Waals surface area contributed by atoms with Gasteiger partial charge in [-0.25, -0.2) is 0 Å². The summed E-state index contributed by atoms with van der Waals surface area (Å²) in [5, 5.41) is 24.7. The minimum atomic E-state index is 0.218. The highest BCUT2D eigenvalue weighted by molar-refractivity contribution is 6.10. The molecule has 7 rings (SSSR count). The molecule has 5 heteroatoms. The first-order chi connectivity index (χ1) is 17.3. The quantitative estimate of drug-likeness (QED) is 0.280. The van der Waals surface area contributed by atoms with Gasteiger partial charge in [0.15, 0.2) is 0 Å². The Kier molecular flexibility index (Phi) is 3.91. The second-order valence-electron chi connectivity index (χ2n) is 8.43. The monoisotopic (exact) mass is 448 g/mol. The summed E-state index contributed by atoms with van der Waals surface area (Å²) in [6, 6.07) is 36.6. The van der Waals surface area contributed by atoms with Crippen molar-refractivity contribution in [3.8, 4) is 23.9 Å². The van der Waals surface area contributed by atoms with Crippen LogP contribution in [-0.2, 0) is 0 Å². The Bertz CT molecular complexity index is 1790. The van der Waals surface area contributed by atoms with Crippen LogP contribution in [0.4, 0.5) is 0 Å². The van der Waals surface area contributed by atoms with Crippen molar-refractivity contribution in [3.05, 3.63) is 108 Å². The first-order valence-corrected chi connectivity index (χ1v) is 11.3. The highest BCUT2D eigenvalue weighted by atomic mass is 16.4. The van der Waals surface area contributed by atoms with E-state index in [1.54, 1.807) is 0 Å². The number of aromatic nitrogens is 2. The maximum Gasteiger partial charge on any atom is 0.226 e. The highest BCUT2D eigenvalue weighted by Gasteiger charge is 2.27. The van der Waals surface area contributed by atoms with Crippen molar-refractivity contribution < 1.29 is 4.42 Å². The molecule has 0 saturated heterocycles. The van der Waals surface area contributed by atoms with E-state index in [0.717, 1.165) is 43.6 Å². The minimum absolute atomic E-state index is 0.218. The van der Waals surface area contributed by atoms with Gasteiger partial charge in [0.05, 0.1) is 22.1 Å². The van der Waals surface area contributed by atoms with E-state index in [1.165, 1.54) is 0 Å². The normalized spacial score (nSPS) is 11.4. The van der Waals surface area contributed by atoms with E-state index in [-0.39, 0.29) is 11.1 Å². The SMILES string of the molecule is N#Cc1c(-n2c3ccccc3c3ccccc32)oc(-n2c3ccccc3c3ccccc32)c1C#N. The molecular formula is C30H16N4O. The number of hydrogen-bond acceptors (Lipinski definition) is 3. The predicted octanol–water partition coefficient (Wildman–Crippen LogP) is 7.22. The Balaban J connectivity index is 1.65. The zero-order chi connectivity index (χ0) is 23.5. The van der Waals surface area contributed by atoms with E-state index in [2.05, 4.69) is 36.4 Å². The number of para-hydroxylation sites is 4. The van der Waals surface area contributed by atoms with Crippen molar-refractivity contribution in [2.45, 2.75) is 0 Å². The molecule has 0 amide bonds. The molecule has 3 aromatic heterocycles. The molecule has 4 aromatic carbocycles. The number of furan rings is 1. The van der Waals surface area contributed by atoms with Gasteiger partial charge >= 0.3 is 0 Å². The van der Waals surface area contributed by atoms with E-state index in [4.69, 9.17) is 4.42 Å². The predicted molar refractivity (Wildman–Crippen MR) is 137 cm³/mol. The molecule has 7 aromatic rings. The summed E-state index contributed by atoms with van der Waals surface area (Å²) in [4.78, 5) is 0. The molecular weight excluding hydrogens is 432 g/mol. The van der Waals surface area contributed by atoms with Gasteiger partial charge in [0.25, 0.3) is 0 Å². The van der Waals surface area contributed by atoms with Gasteiger partial charge in [-0.05, 0) is 24.3 Å². The molecule has 0 saturated carbocycles. The fourth-order valence-electron chi connectivity index (χ4n) is 5.21. The maximum absolute atomic E-state index is 10.2. The van der Waals surface area contributed by atoms with Gasteiger partial charge in [-0.3, -0.25) is 9.13 Å². The number of hydrogen-bond donors (Lipinski definition) is 0. The van der Waals surface area contributed by atoms with Crippen LogP contribution in [0.5, 0.6) is 0 Å². The van der Waals surface area contributed by atoms with Crippen molar-refractivity contribution in [1.29, 1.82) is 10.5 Å². The van der Waals surface area contributed by atoms with Crippen LogP contribution in [0, 0.1) is 22.7 Å². The number of nitrogens with zero attached hydrogens (tertiary/aromatic N) is 4. The second kappa shape index (κ2) is 7.12. The molecule has 0 bridgehead atoms. The van der Waals surface area contributed by atoms with Crippen LogP contribution in [0.3, 0.4) is 0 Å². The third kappa shape index (κ3) is 2.50. The number of rotatable bonds is 2. The van der Waals surface area contributed by atoms with Gasteiger partial charge in [-0.2, -0.15) is 10.5 Å². The summed E-state index contributed by atoms with van der Waals surface area (Å²) in [6.45, 7) is 0. The lowest BCUT2D eigenvalue weighted by Gasteiger charge is -2.06. The molecule has 3 heterocycles. The molecule has 0 radical (unpaired) electrons. The summed E-state index contributed by atoms with van der Waals surface area (Å²) in [5.74, 6) is 0.691. The van der Waals surface area contributed by atoms with Crippen molar-refractivity contribution in [1.82, 2.24) is 9.13 Å². The smallest absolute Gasteiger partial charge is 0.226 e. The van der Waals surface area contributed by atoms with Gasteiger partial charge in [0.1, 0.15) is 23.3 Å². The first-order valence-electron chi connectivity index (χ1n) is 11.3. The average molecular weight is 448 g/mol. The molecule has 0 fully saturated rings. The fourth-order valence-corrected chi connectivity index (χ4v) is 5.21. The van der Waals surface area contributed by atoms with Gasteiger partial charge in [0.2, 0.25) is 11.8 Å². The summed E-state index contributed by atoms with van der Waals surface area (Å²) in [5.41, 5.74) is 4.09. The van der Waals surface area contributed by atoms with E-state index >= 15 is 0 Å². The zero-order valence-electron chi connectivity index (χ0n) is 18.4. The molecule has 35 heavy (non-hydrogen) atoms. The lowest BCUT2D eigenvalue weighted by molar-refractivity contribution is 0.527. The zero-order valence-corrected chi connectivity index (χ0v) is 18.4. The van der Waals surface area contributed by atoms with Crippen LogP contribution in [0.1, 0.15) is 11.1 Å². The lowest BCUT2D eigenvalue weighted by Crippen LogP contribution is -1.95. The van der Waals surface area contributed by atoms with Crippen LogP contribution in [-0.4, -0.2) is 9.13 Å². The van der Waals surface area contributed by atoms with Crippen molar-refractivity contribution in [2.75, 3.05) is 0 Å². The number of fused-ring (bicyclic) bond motifs is 6. The summed E-state index contributed by atoms with van der Waals surface area (Å²) in [7, 11) is 0. The molecule has 0 unspecified atom stereocenters. The minimum Gasteiger partial charge on any atom is -0.421 e. The largest absolute Gasteiger partial charge is 0.421 e. The van der Waals surface area contributed by atoms with E-state index in [9.17, 15) is 10.5 Å². The van der Waals surface area contributed by atoms with E-state index < -0.39 is 0 Å². The molecule has 0 aliphatic carbocycles. The van der Waals surface area contributed by atoms with Gasteiger partial charge in [0, 0.05) is 21.5 Å². The first kappa shape index (κ1) is 19.2. The van der Waals surface area contributed by atoms with Gasteiger partial charge in [-0.15, -0.1) is 0 Å². The molecule has 0 atom stereocenters. The summed E-state index contributed by atoms with van der Waals surface area (Å²) in [6.07, 6.45) is 0. The van der Waals surface area contributed by atoms with Crippen LogP contribution in [0.2, 0.25) is 0 Å². The Morgan fingerprint density at radius 2 is 0.743 bits per heavy atom. The molecule has 162 valence electrons. The average Bonchev–Trinajstić information content (AvgIpc) is 3.55. The van der Waals surface area contributed by atoms with Gasteiger partial charge in [-0.1, -0.05) is 72.8 Å². The molecule has 0 N–H and O–H groups in total. The number of nitriles is 2. The van der Waals surface area contributed by atoms with Crippen molar-refractivity contribution >= 4 is 43.6 Å². The molecule has 5 nitrogen and oxygen atoms in total. The Morgan fingerprint density at radius 1 is 0.457 bits per heavy atom. The molecule has 0 aliphatic rings. The Hall–Kier alpha value is -5.26. The molecule has 0 aliphatic heterocycles. The third-order valence-corrected chi connectivity index (χ3v) is 6.66. The van der Waals surface area contributed by atoms with Crippen LogP contribution in [0.15, 0.2) is 101 Å². The lowest BCUT2D eigenvalue weighted by atomic mass is 10.2. The Labute approximate surface area is 199 Å². The highest BCUT2D eigenvalue weighted by Crippen LogP contribution is 2.39.